The minimum atomic E-state index is -1.14. The number of carbonyl (C=O) groups excluding carboxylic acids is 2. The fourth-order valence-electron chi connectivity index (χ4n) is 3.22. The number of nitrogens with zero attached hydrogens (tertiary/aromatic N) is 1. The Hall–Kier alpha value is -3.24. The van der Waals surface area contributed by atoms with Gasteiger partial charge in [-0.2, -0.15) is 5.26 Å². The van der Waals surface area contributed by atoms with E-state index in [1.54, 1.807) is 31.4 Å². The van der Waals surface area contributed by atoms with Crippen LogP contribution >= 0.6 is 11.8 Å². The molecule has 1 aliphatic rings. The van der Waals surface area contributed by atoms with Crippen molar-refractivity contribution in [3.05, 3.63) is 76.3 Å². The van der Waals surface area contributed by atoms with Gasteiger partial charge < -0.3 is 14.8 Å². The summed E-state index contributed by atoms with van der Waals surface area (Å²) in [5.74, 6) is -1.80. The molecule has 0 spiro atoms. The number of benzene rings is 2. The van der Waals surface area contributed by atoms with Gasteiger partial charge in [-0.1, -0.05) is 42.5 Å². The Balaban J connectivity index is 2.02. The van der Waals surface area contributed by atoms with E-state index in [1.165, 1.54) is 18.9 Å². The van der Waals surface area contributed by atoms with Crippen LogP contribution in [-0.4, -0.2) is 26.1 Å². The summed E-state index contributed by atoms with van der Waals surface area (Å²) in [5, 5.41) is 13.1. The summed E-state index contributed by atoms with van der Waals surface area (Å²) in [6, 6.07) is 18.9. The highest BCUT2D eigenvalue weighted by atomic mass is 32.2. The number of ether oxygens (including phenoxy) is 2. The highest BCUT2D eigenvalue weighted by Gasteiger charge is 2.44. The molecule has 29 heavy (non-hydrogen) atoms. The maximum atomic E-state index is 12.8. The fraction of sp³-hybridized carbons (Fsp3) is 0.227. The molecule has 0 radical (unpaired) electrons. The molecular weight excluding hydrogens is 388 g/mol. The van der Waals surface area contributed by atoms with Crippen molar-refractivity contribution >= 4 is 23.6 Å². The van der Waals surface area contributed by atoms with Crippen molar-refractivity contribution in [2.75, 3.05) is 14.2 Å². The molecular formula is C22H20N2O4S. The lowest BCUT2D eigenvalue weighted by molar-refractivity contribution is -0.150. The molecule has 0 saturated carbocycles. The smallest absolute Gasteiger partial charge is 0.319 e. The van der Waals surface area contributed by atoms with Crippen molar-refractivity contribution in [2.24, 2.45) is 5.92 Å². The third-order valence-electron chi connectivity index (χ3n) is 4.68. The number of thioether (sulfide) groups is 1. The van der Waals surface area contributed by atoms with Crippen LogP contribution < -0.4 is 10.1 Å². The van der Waals surface area contributed by atoms with E-state index in [2.05, 4.69) is 11.4 Å². The minimum Gasteiger partial charge on any atom is -0.497 e. The molecule has 6 nitrogen and oxygen atoms in total. The number of esters is 1. The first kappa shape index (κ1) is 20.5. The third kappa shape index (κ3) is 4.44. The molecule has 1 aliphatic heterocycles. The first-order valence-electron chi connectivity index (χ1n) is 8.92. The van der Waals surface area contributed by atoms with Gasteiger partial charge in [0.05, 0.1) is 30.9 Å². The second-order valence-corrected chi connectivity index (χ2v) is 7.36. The number of hydrogen-bond donors (Lipinski definition) is 1. The SMILES string of the molecule is COC(=O)[C@@H]1C(=O)NC(SCc2ccccc2)=C(C#N)[C@@H]1c1ccc(OC)cc1. The summed E-state index contributed by atoms with van der Waals surface area (Å²) in [4.78, 5) is 25.2. The average Bonchev–Trinajstić information content (AvgIpc) is 2.77. The molecule has 1 N–H and O–H groups in total. The van der Waals surface area contributed by atoms with E-state index < -0.39 is 23.7 Å². The molecule has 0 bridgehead atoms. The normalized spacial score (nSPS) is 18.6. The number of amides is 1. The van der Waals surface area contributed by atoms with Crippen LogP contribution in [0.3, 0.4) is 0 Å². The predicted molar refractivity (Wildman–Crippen MR) is 110 cm³/mol. The Morgan fingerprint density at radius 1 is 1.14 bits per heavy atom. The monoisotopic (exact) mass is 408 g/mol. The Labute approximate surface area is 173 Å². The van der Waals surface area contributed by atoms with Gasteiger partial charge in [0, 0.05) is 11.7 Å². The van der Waals surface area contributed by atoms with Crippen molar-refractivity contribution in [2.45, 2.75) is 11.7 Å². The zero-order valence-electron chi connectivity index (χ0n) is 16.0. The summed E-state index contributed by atoms with van der Waals surface area (Å²) in [5.41, 5.74) is 2.07. The van der Waals surface area contributed by atoms with Crippen LogP contribution in [0.5, 0.6) is 5.75 Å². The Bertz CT molecular complexity index is 965. The Kier molecular flexibility index (Phi) is 6.57. The van der Waals surface area contributed by atoms with E-state index in [4.69, 9.17) is 9.47 Å². The van der Waals surface area contributed by atoms with Crippen LogP contribution in [0, 0.1) is 17.2 Å². The zero-order valence-corrected chi connectivity index (χ0v) is 16.9. The van der Waals surface area contributed by atoms with E-state index in [9.17, 15) is 14.9 Å². The van der Waals surface area contributed by atoms with Gasteiger partial charge in [-0.25, -0.2) is 0 Å². The van der Waals surface area contributed by atoms with E-state index in [-0.39, 0.29) is 0 Å². The van der Waals surface area contributed by atoms with Crippen LogP contribution in [0.15, 0.2) is 65.2 Å². The van der Waals surface area contributed by atoms with Crippen molar-refractivity contribution in [1.82, 2.24) is 5.32 Å². The summed E-state index contributed by atoms with van der Waals surface area (Å²) in [6.07, 6.45) is 0. The number of nitriles is 1. The molecule has 2 aromatic rings. The molecule has 0 aliphatic carbocycles. The highest BCUT2D eigenvalue weighted by molar-refractivity contribution is 8.02. The Morgan fingerprint density at radius 2 is 1.83 bits per heavy atom. The predicted octanol–water partition coefficient (Wildman–Crippen LogP) is 3.37. The molecule has 0 fully saturated rings. The third-order valence-corrected chi connectivity index (χ3v) is 5.77. The molecule has 3 rings (SSSR count). The fourth-order valence-corrected chi connectivity index (χ4v) is 4.22. The van der Waals surface area contributed by atoms with Gasteiger partial charge >= 0.3 is 5.97 Å². The van der Waals surface area contributed by atoms with Gasteiger partial charge in [-0.05, 0) is 23.3 Å². The van der Waals surface area contributed by atoms with Crippen molar-refractivity contribution in [3.63, 3.8) is 0 Å². The number of rotatable bonds is 6. The van der Waals surface area contributed by atoms with Crippen LogP contribution in [0.1, 0.15) is 17.0 Å². The minimum absolute atomic E-state index is 0.339. The lowest BCUT2D eigenvalue weighted by atomic mass is 9.78. The van der Waals surface area contributed by atoms with E-state index in [0.29, 0.717) is 27.7 Å². The molecule has 2 atom stereocenters. The molecule has 1 heterocycles. The standard InChI is InChI=1S/C22H20N2O4S/c1-27-16-10-8-15(9-11-16)18-17(12-23)21(24-20(25)19(18)22(26)28-2)29-13-14-6-4-3-5-7-14/h3-11,18-19H,13H2,1-2H3,(H,24,25)/t18-,19-/m0/s1. The zero-order chi connectivity index (χ0) is 20.8. The Morgan fingerprint density at radius 3 is 2.41 bits per heavy atom. The molecule has 148 valence electrons. The van der Waals surface area contributed by atoms with Gasteiger partial charge in [-0.3, -0.25) is 9.59 Å². The van der Waals surface area contributed by atoms with Gasteiger partial charge in [0.25, 0.3) is 0 Å². The van der Waals surface area contributed by atoms with Gasteiger partial charge in [0.1, 0.15) is 11.7 Å². The second kappa shape index (κ2) is 9.30. The maximum absolute atomic E-state index is 12.8. The van der Waals surface area contributed by atoms with Gasteiger partial charge in [0.15, 0.2) is 0 Å². The van der Waals surface area contributed by atoms with Crippen LogP contribution in [0.4, 0.5) is 0 Å². The molecule has 0 saturated heterocycles. The van der Waals surface area contributed by atoms with E-state index in [1.807, 2.05) is 30.3 Å². The number of carbonyl (C=O) groups is 2. The first-order chi connectivity index (χ1) is 14.1. The van der Waals surface area contributed by atoms with Gasteiger partial charge in [-0.15, -0.1) is 11.8 Å². The van der Waals surface area contributed by atoms with Crippen molar-refractivity contribution in [3.8, 4) is 11.8 Å². The average molecular weight is 408 g/mol. The molecule has 0 unspecified atom stereocenters. The first-order valence-corrected chi connectivity index (χ1v) is 9.91. The highest BCUT2D eigenvalue weighted by Crippen LogP contribution is 2.41. The number of allylic oxidation sites excluding steroid dienone is 1. The molecule has 0 aromatic heterocycles. The molecule has 1 amide bonds. The molecule has 7 heteroatoms. The van der Waals surface area contributed by atoms with Crippen LogP contribution in [0.25, 0.3) is 0 Å². The maximum Gasteiger partial charge on any atom is 0.319 e. The van der Waals surface area contributed by atoms with Crippen LogP contribution in [-0.2, 0) is 20.1 Å². The van der Waals surface area contributed by atoms with Crippen molar-refractivity contribution in [1.29, 1.82) is 5.26 Å². The molecule has 2 aromatic carbocycles. The summed E-state index contributed by atoms with van der Waals surface area (Å²) in [7, 11) is 2.79. The number of nitrogens with one attached hydrogen (secondary N) is 1. The number of hydrogen-bond acceptors (Lipinski definition) is 6. The largest absolute Gasteiger partial charge is 0.497 e. The van der Waals surface area contributed by atoms with Crippen molar-refractivity contribution < 1.29 is 19.1 Å². The van der Waals surface area contributed by atoms with Crippen LogP contribution in [0.2, 0.25) is 0 Å². The quantitative estimate of drug-likeness (QED) is 0.582. The summed E-state index contributed by atoms with van der Waals surface area (Å²) >= 11 is 1.36. The lowest BCUT2D eigenvalue weighted by Gasteiger charge is -2.31. The number of methoxy groups -OCH3 is 2. The van der Waals surface area contributed by atoms with E-state index >= 15 is 0 Å². The topological polar surface area (TPSA) is 88.4 Å². The lowest BCUT2D eigenvalue weighted by Crippen LogP contribution is -2.44. The van der Waals surface area contributed by atoms with Gasteiger partial charge in [0.2, 0.25) is 5.91 Å². The second-order valence-electron chi connectivity index (χ2n) is 6.37. The van der Waals surface area contributed by atoms with E-state index in [0.717, 1.165) is 5.56 Å². The summed E-state index contributed by atoms with van der Waals surface area (Å²) in [6.45, 7) is 0. The summed E-state index contributed by atoms with van der Waals surface area (Å²) < 4.78 is 10.0.